The van der Waals surface area contributed by atoms with Gasteiger partial charge in [0.2, 0.25) is 0 Å². The lowest BCUT2D eigenvalue weighted by Crippen LogP contribution is -2.45. The van der Waals surface area contributed by atoms with Crippen molar-refractivity contribution in [3.8, 4) is 0 Å². The molecule has 1 saturated carbocycles. The van der Waals surface area contributed by atoms with Gasteiger partial charge in [-0.1, -0.05) is 25.0 Å². The van der Waals surface area contributed by atoms with Crippen LogP contribution in [0.1, 0.15) is 48.5 Å². The maximum atomic E-state index is 12.5. The van der Waals surface area contributed by atoms with Gasteiger partial charge in [-0.3, -0.25) is 4.79 Å². The molecule has 3 nitrogen and oxygen atoms in total. The third-order valence-corrected chi connectivity index (χ3v) is 5.67. The molecule has 1 aromatic carbocycles. The quantitative estimate of drug-likeness (QED) is 0.804. The zero-order valence-electron chi connectivity index (χ0n) is 13.3. The second-order valence-electron chi connectivity index (χ2n) is 5.90. The van der Waals surface area contributed by atoms with Crippen molar-refractivity contribution >= 4 is 23.4 Å². The van der Waals surface area contributed by atoms with Crippen LogP contribution >= 0.6 is 11.8 Å². The summed E-state index contributed by atoms with van der Waals surface area (Å²) in [5.41, 5.74) is 2.82. The molecule has 1 aliphatic carbocycles. The van der Waals surface area contributed by atoms with E-state index in [1.807, 2.05) is 36.9 Å². The van der Waals surface area contributed by atoms with Crippen molar-refractivity contribution in [1.29, 1.82) is 0 Å². The third-order valence-electron chi connectivity index (χ3n) is 4.25. The fraction of sp³-hybridized carbons (Fsp3) is 0.588. The third kappa shape index (κ3) is 3.94. The van der Waals surface area contributed by atoms with Crippen LogP contribution in [-0.2, 0) is 0 Å². The molecular weight excluding hydrogens is 280 g/mol. The number of aryl methyl sites for hydroxylation is 1. The van der Waals surface area contributed by atoms with Gasteiger partial charge >= 0.3 is 0 Å². The van der Waals surface area contributed by atoms with Gasteiger partial charge in [0.05, 0.1) is 5.56 Å². The molecule has 0 atom stereocenters. The van der Waals surface area contributed by atoms with E-state index in [1.54, 1.807) is 0 Å². The first-order valence-corrected chi connectivity index (χ1v) is 9.00. The first-order valence-electron chi connectivity index (χ1n) is 7.78. The van der Waals surface area contributed by atoms with E-state index in [0.717, 1.165) is 36.3 Å². The van der Waals surface area contributed by atoms with Crippen LogP contribution in [0.15, 0.2) is 18.2 Å². The predicted octanol–water partition coefficient (Wildman–Crippen LogP) is 3.83. The van der Waals surface area contributed by atoms with Crippen molar-refractivity contribution in [3.05, 3.63) is 29.3 Å². The van der Waals surface area contributed by atoms with E-state index in [4.69, 9.17) is 0 Å². The Labute approximate surface area is 132 Å². The van der Waals surface area contributed by atoms with Crippen LogP contribution in [0.2, 0.25) is 0 Å². The average Bonchev–Trinajstić information content (AvgIpc) is 2.45. The van der Waals surface area contributed by atoms with E-state index in [0.29, 0.717) is 0 Å². The summed E-state index contributed by atoms with van der Waals surface area (Å²) in [5, 5.41) is 6.48. The number of carbonyl (C=O) groups is 1. The molecule has 116 valence electrons. The molecule has 0 spiro atoms. The molecule has 1 amide bonds. The fourth-order valence-corrected chi connectivity index (χ4v) is 3.53. The lowest BCUT2D eigenvalue weighted by molar-refractivity contribution is 0.0944. The molecule has 1 aliphatic rings. The van der Waals surface area contributed by atoms with E-state index < -0.39 is 0 Å². The molecule has 0 aromatic heterocycles. The summed E-state index contributed by atoms with van der Waals surface area (Å²) in [5.74, 6) is 0.0395. The number of thioether (sulfide) groups is 1. The highest BCUT2D eigenvalue weighted by atomic mass is 32.2. The van der Waals surface area contributed by atoms with Crippen molar-refractivity contribution in [3.63, 3.8) is 0 Å². The highest BCUT2D eigenvalue weighted by Crippen LogP contribution is 2.42. The Hall–Kier alpha value is -1.16. The molecule has 0 heterocycles. The van der Waals surface area contributed by atoms with E-state index in [-0.39, 0.29) is 10.7 Å². The van der Waals surface area contributed by atoms with Crippen LogP contribution in [-0.4, -0.2) is 30.0 Å². The maximum absolute atomic E-state index is 12.5. The topological polar surface area (TPSA) is 41.1 Å². The second kappa shape index (κ2) is 7.21. The molecule has 0 radical (unpaired) electrons. The van der Waals surface area contributed by atoms with E-state index in [9.17, 15) is 4.79 Å². The van der Waals surface area contributed by atoms with Crippen LogP contribution < -0.4 is 10.6 Å². The van der Waals surface area contributed by atoms with Gasteiger partial charge in [0.1, 0.15) is 0 Å². The van der Waals surface area contributed by atoms with Crippen LogP contribution in [0, 0.1) is 6.92 Å². The van der Waals surface area contributed by atoms with Crippen LogP contribution in [0.3, 0.4) is 0 Å². The average molecular weight is 306 g/mol. The summed E-state index contributed by atoms with van der Waals surface area (Å²) in [6.45, 7) is 5.81. The standard InChI is InChI=1S/C17H26N2OS/c1-4-10-18-15-7-6-13(2)11-14(15)16(20)19-12-17(21-3)8-5-9-17/h6-7,11,18H,4-5,8-10,12H2,1-3H3,(H,19,20). The van der Waals surface area contributed by atoms with Crippen molar-refractivity contribution < 1.29 is 4.79 Å². The summed E-state index contributed by atoms with van der Waals surface area (Å²) in [4.78, 5) is 12.5. The van der Waals surface area contributed by atoms with Crippen molar-refractivity contribution in [2.45, 2.75) is 44.3 Å². The van der Waals surface area contributed by atoms with E-state index >= 15 is 0 Å². The summed E-state index contributed by atoms with van der Waals surface area (Å²) >= 11 is 1.89. The zero-order valence-corrected chi connectivity index (χ0v) is 14.1. The van der Waals surface area contributed by atoms with E-state index in [2.05, 4.69) is 23.8 Å². The lowest BCUT2D eigenvalue weighted by atomic mass is 9.84. The Morgan fingerprint density at radius 2 is 2.14 bits per heavy atom. The first kappa shape index (κ1) is 16.2. The number of amides is 1. The largest absolute Gasteiger partial charge is 0.384 e. The fourth-order valence-electron chi connectivity index (χ4n) is 2.62. The van der Waals surface area contributed by atoms with Gasteiger partial charge in [-0.05, 0) is 44.6 Å². The molecule has 4 heteroatoms. The number of nitrogens with one attached hydrogen (secondary N) is 2. The summed E-state index contributed by atoms with van der Waals surface area (Å²) in [6.07, 6.45) is 6.90. The summed E-state index contributed by atoms with van der Waals surface area (Å²) in [6, 6.07) is 6.03. The molecule has 2 rings (SSSR count). The number of carbonyl (C=O) groups excluding carboxylic acids is 1. The molecule has 2 N–H and O–H groups in total. The lowest BCUT2D eigenvalue weighted by Gasteiger charge is -2.40. The van der Waals surface area contributed by atoms with Gasteiger partial charge in [0, 0.05) is 23.5 Å². The number of anilines is 1. The Morgan fingerprint density at radius 3 is 2.71 bits per heavy atom. The van der Waals surface area contributed by atoms with E-state index in [1.165, 1.54) is 19.3 Å². The highest BCUT2D eigenvalue weighted by Gasteiger charge is 2.36. The van der Waals surface area contributed by atoms with Gasteiger partial charge in [0.15, 0.2) is 0 Å². The van der Waals surface area contributed by atoms with Crippen molar-refractivity contribution in [1.82, 2.24) is 5.32 Å². The Kier molecular flexibility index (Phi) is 5.57. The van der Waals surface area contributed by atoms with Crippen molar-refractivity contribution in [2.24, 2.45) is 0 Å². The molecule has 1 fully saturated rings. The molecule has 0 saturated heterocycles. The molecule has 21 heavy (non-hydrogen) atoms. The van der Waals surface area contributed by atoms with Gasteiger partial charge < -0.3 is 10.6 Å². The number of benzene rings is 1. The first-order chi connectivity index (χ1) is 10.1. The van der Waals surface area contributed by atoms with Gasteiger partial charge in [-0.25, -0.2) is 0 Å². The minimum absolute atomic E-state index is 0.0395. The molecule has 0 aliphatic heterocycles. The smallest absolute Gasteiger partial charge is 0.253 e. The minimum Gasteiger partial charge on any atom is -0.384 e. The molecule has 0 unspecified atom stereocenters. The summed E-state index contributed by atoms with van der Waals surface area (Å²) < 4.78 is 0.274. The van der Waals surface area contributed by atoms with Gasteiger partial charge in [-0.2, -0.15) is 11.8 Å². The number of hydrogen-bond donors (Lipinski definition) is 2. The zero-order chi connectivity index (χ0) is 15.3. The molecule has 1 aromatic rings. The SMILES string of the molecule is CCCNc1ccc(C)cc1C(=O)NCC1(SC)CCC1. The monoisotopic (exact) mass is 306 g/mol. The Balaban J connectivity index is 2.05. The maximum Gasteiger partial charge on any atom is 0.253 e. The number of hydrogen-bond acceptors (Lipinski definition) is 3. The summed E-state index contributed by atoms with van der Waals surface area (Å²) in [7, 11) is 0. The molecular formula is C17H26N2OS. The van der Waals surface area contributed by atoms with Crippen LogP contribution in [0.5, 0.6) is 0 Å². The van der Waals surface area contributed by atoms with Crippen molar-refractivity contribution in [2.75, 3.05) is 24.7 Å². The minimum atomic E-state index is 0.0395. The Morgan fingerprint density at radius 1 is 1.38 bits per heavy atom. The normalized spacial score (nSPS) is 16.1. The van der Waals surface area contributed by atoms with Crippen LogP contribution in [0.25, 0.3) is 0 Å². The highest BCUT2D eigenvalue weighted by molar-refractivity contribution is 8.00. The van der Waals surface area contributed by atoms with Gasteiger partial charge in [0.25, 0.3) is 5.91 Å². The number of rotatable bonds is 7. The Bertz CT molecular complexity index is 492. The molecule has 0 bridgehead atoms. The predicted molar refractivity (Wildman–Crippen MR) is 92.4 cm³/mol. The van der Waals surface area contributed by atoms with Gasteiger partial charge in [-0.15, -0.1) is 0 Å². The second-order valence-corrected chi connectivity index (χ2v) is 7.17. The van der Waals surface area contributed by atoms with Crippen LogP contribution in [0.4, 0.5) is 5.69 Å².